The van der Waals surface area contributed by atoms with Crippen LogP contribution in [0.3, 0.4) is 0 Å². The molecule has 184 valence electrons. The van der Waals surface area contributed by atoms with E-state index in [1.165, 1.54) is 11.1 Å². The SMILES string of the molecule is CN(C)C(=O)CC1CCc2cc(OC3CCN(Cc4cc(-c5ccccc5)on4)CC3)ccc2C1. The van der Waals surface area contributed by atoms with Crippen LogP contribution in [0.1, 0.15) is 42.5 Å². The van der Waals surface area contributed by atoms with E-state index in [-0.39, 0.29) is 12.0 Å². The molecule has 0 spiro atoms. The van der Waals surface area contributed by atoms with Gasteiger partial charge in [-0.15, -0.1) is 0 Å². The Balaban J connectivity index is 1.10. The molecule has 2 heterocycles. The molecule has 1 fully saturated rings. The first kappa shape index (κ1) is 23.6. The molecule has 1 aliphatic carbocycles. The Morgan fingerprint density at radius 1 is 1.06 bits per heavy atom. The standard InChI is InChI=1S/C29H35N3O3/c1-31(2)29(33)17-21-8-9-24-18-27(11-10-23(24)16-21)34-26-12-14-32(15-13-26)20-25-19-28(35-30-25)22-6-4-3-5-7-22/h3-7,10-11,18-19,21,26H,8-9,12-17,20H2,1-2H3. The summed E-state index contributed by atoms with van der Waals surface area (Å²) in [5.74, 6) is 2.47. The third-order valence-corrected chi connectivity index (χ3v) is 7.31. The van der Waals surface area contributed by atoms with Crippen molar-refractivity contribution in [3.8, 4) is 17.1 Å². The Morgan fingerprint density at radius 2 is 1.86 bits per heavy atom. The van der Waals surface area contributed by atoms with Gasteiger partial charge in [0.25, 0.3) is 0 Å². The number of likely N-dealkylation sites (tertiary alicyclic amines) is 1. The van der Waals surface area contributed by atoms with Crippen molar-refractivity contribution >= 4 is 5.91 Å². The molecule has 5 rings (SSSR count). The maximum absolute atomic E-state index is 12.1. The Morgan fingerprint density at radius 3 is 2.63 bits per heavy atom. The largest absolute Gasteiger partial charge is 0.490 e. The summed E-state index contributed by atoms with van der Waals surface area (Å²) in [5, 5.41) is 4.27. The van der Waals surface area contributed by atoms with Crippen molar-refractivity contribution < 1.29 is 14.1 Å². The average molecular weight is 474 g/mol. The van der Waals surface area contributed by atoms with E-state index in [1.54, 1.807) is 4.90 Å². The number of piperidine rings is 1. The molecule has 1 amide bonds. The Bertz CT molecular complexity index is 1130. The summed E-state index contributed by atoms with van der Waals surface area (Å²) < 4.78 is 11.9. The summed E-state index contributed by atoms with van der Waals surface area (Å²) in [4.78, 5) is 16.2. The second kappa shape index (κ2) is 10.6. The molecule has 0 saturated carbocycles. The fourth-order valence-corrected chi connectivity index (χ4v) is 5.22. The van der Waals surface area contributed by atoms with Crippen LogP contribution in [-0.4, -0.2) is 54.2 Å². The maximum Gasteiger partial charge on any atom is 0.222 e. The minimum absolute atomic E-state index is 0.227. The first-order valence-corrected chi connectivity index (χ1v) is 12.8. The number of hydrogen-bond donors (Lipinski definition) is 0. The summed E-state index contributed by atoms with van der Waals surface area (Å²) in [6.45, 7) is 2.79. The van der Waals surface area contributed by atoms with Gasteiger partial charge in [0.15, 0.2) is 5.76 Å². The van der Waals surface area contributed by atoms with Gasteiger partial charge in [0, 0.05) is 51.8 Å². The normalized spacial score (nSPS) is 18.7. The third kappa shape index (κ3) is 5.93. The molecule has 6 heteroatoms. The van der Waals surface area contributed by atoms with Gasteiger partial charge >= 0.3 is 0 Å². The van der Waals surface area contributed by atoms with Gasteiger partial charge in [-0.25, -0.2) is 0 Å². The Hall–Kier alpha value is -3.12. The summed E-state index contributed by atoms with van der Waals surface area (Å²) in [6.07, 6.45) is 5.99. The highest BCUT2D eigenvalue weighted by molar-refractivity contribution is 5.75. The molecule has 0 N–H and O–H groups in total. The highest BCUT2D eigenvalue weighted by atomic mass is 16.5. The van der Waals surface area contributed by atoms with Crippen molar-refractivity contribution in [1.82, 2.24) is 15.0 Å². The van der Waals surface area contributed by atoms with E-state index in [0.717, 1.165) is 74.5 Å². The number of ether oxygens (including phenoxy) is 1. The van der Waals surface area contributed by atoms with Crippen LogP contribution in [0.5, 0.6) is 5.75 Å². The predicted molar refractivity (Wildman–Crippen MR) is 136 cm³/mol. The molecule has 0 radical (unpaired) electrons. The lowest BCUT2D eigenvalue weighted by atomic mass is 9.82. The third-order valence-electron chi connectivity index (χ3n) is 7.31. The monoisotopic (exact) mass is 473 g/mol. The van der Waals surface area contributed by atoms with Crippen molar-refractivity contribution in [2.45, 2.75) is 51.2 Å². The van der Waals surface area contributed by atoms with E-state index >= 15 is 0 Å². The molecular formula is C29H35N3O3. The van der Waals surface area contributed by atoms with E-state index < -0.39 is 0 Å². The van der Waals surface area contributed by atoms with Crippen LogP contribution in [0.4, 0.5) is 0 Å². The molecule has 1 aliphatic heterocycles. The number of nitrogens with zero attached hydrogens (tertiary/aromatic N) is 3. The van der Waals surface area contributed by atoms with Crippen molar-refractivity contribution in [3.05, 3.63) is 71.4 Å². The molecule has 1 saturated heterocycles. The number of aromatic nitrogens is 1. The minimum Gasteiger partial charge on any atom is -0.490 e. The average Bonchev–Trinajstić information content (AvgIpc) is 3.34. The van der Waals surface area contributed by atoms with Gasteiger partial charge in [0.05, 0.1) is 5.69 Å². The molecule has 1 aromatic heterocycles. The second-order valence-corrected chi connectivity index (χ2v) is 10.2. The Kier molecular flexibility index (Phi) is 7.19. The smallest absolute Gasteiger partial charge is 0.222 e. The molecule has 6 nitrogen and oxygen atoms in total. The molecular weight excluding hydrogens is 438 g/mol. The molecule has 2 aliphatic rings. The van der Waals surface area contributed by atoms with Crippen LogP contribution in [0.25, 0.3) is 11.3 Å². The number of benzene rings is 2. The highest BCUT2D eigenvalue weighted by Crippen LogP contribution is 2.31. The van der Waals surface area contributed by atoms with Gasteiger partial charge in [-0.3, -0.25) is 9.69 Å². The molecule has 3 aromatic rings. The van der Waals surface area contributed by atoms with E-state index in [9.17, 15) is 4.79 Å². The zero-order valence-corrected chi connectivity index (χ0v) is 20.8. The van der Waals surface area contributed by atoms with E-state index in [2.05, 4.69) is 28.3 Å². The van der Waals surface area contributed by atoms with Crippen LogP contribution in [0.15, 0.2) is 59.1 Å². The number of carbonyl (C=O) groups is 1. The van der Waals surface area contributed by atoms with E-state index in [1.807, 2.05) is 50.5 Å². The summed E-state index contributed by atoms with van der Waals surface area (Å²) in [5.41, 5.74) is 4.79. The second-order valence-electron chi connectivity index (χ2n) is 10.2. The topological polar surface area (TPSA) is 58.8 Å². The summed E-state index contributed by atoms with van der Waals surface area (Å²) in [6, 6.07) is 18.7. The lowest BCUT2D eigenvalue weighted by Crippen LogP contribution is -2.37. The van der Waals surface area contributed by atoms with Crippen molar-refractivity contribution in [1.29, 1.82) is 0 Å². The lowest BCUT2D eigenvalue weighted by molar-refractivity contribution is -0.129. The molecule has 35 heavy (non-hydrogen) atoms. The zero-order chi connectivity index (χ0) is 24.2. The van der Waals surface area contributed by atoms with E-state index in [0.29, 0.717) is 12.3 Å². The van der Waals surface area contributed by atoms with Gasteiger partial charge in [0.2, 0.25) is 5.91 Å². The van der Waals surface area contributed by atoms with Crippen LogP contribution >= 0.6 is 0 Å². The lowest BCUT2D eigenvalue weighted by Gasteiger charge is -2.32. The first-order chi connectivity index (χ1) is 17.0. The highest BCUT2D eigenvalue weighted by Gasteiger charge is 2.24. The first-order valence-electron chi connectivity index (χ1n) is 12.8. The van der Waals surface area contributed by atoms with Crippen molar-refractivity contribution in [2.24, 2.45) is 5.92 Å². The number of rotatable bonds is 7. The summed E-state index contributed by atoms with van der Waals surface area (Å²) in [7, 11) is 3.67. The molecule has 2 aromatic carbocycles. The molecule has 0 bridgehead atoms. The zero-order valence-electron chi connectivity index (χ0n) is 20.8. The van der Waals surface area contributed by atoms with Gasteiger partial charge in [0.1, 0.15) is 11.9 Å². The van der Waals surface area contributed by atoms with Crippen LogP contribution in [-0.2, 0) is 24.2 Å². The molecule has 1 atom stereocenters. The van der Waals surface area contributed by atoms with E-state index in [4.69, 9.17) is 9.26 Å². The number of aryl methyl sites for hydroxylation is 1. The van der Waals surface area contributed by atoms with Crippen LogP contribution in [0.2, 0.25) is 0 Å². The van der Waals surface area contributed by atoms with Gasteiger partial charge in [-0.05, 0) is 61.3 Å². The van der Waals surface area contributed by atoms with Crippen molar-refractivity contribution in [2.75, 3.05) is 27.2 Å². The van der Waals surface area contributed by atoms with Gasteiger partial charge < -0.3 is 14.2 Å². The van der Waals surface area contributed by atoms with Gasteiger partial charge in [-0.1, -0.05) is 41.6 Å². The quantitative estimate of drug-likeness (QED) is 0.485. The number of amides is 1. The molecule has 1 unspecified atom stereocenters. The Labute approximate surface area is 207 Å². The summed E-state index contributed by atoms with van der Waals surface area (Å²) >= 11 is 0. The minimum atomic E-state index is 0.227. The number of carbonyl (C=O) groups excluding carboxylic acids is 1. The number of fused-ring (bicyclic) bond motifs is 1. The van der Waals surface area contributed by atoms with Crippen LogP contribution < -0.4 is 4.74 Å². The van der Waals surface area contributed by atoms with Crippen molar-refractivity contribution in [3.63, 3.8) is 0 Å². The predicted octanol–water partition coefficient (Wildman–Crippen LogP) is 4.97. The fraction of sp³-hybridized carbons (Fsp3) is 0.448. The number of hydrogen-bond acceptors (Lipinski definition) is 5. The van der Waals surface area contributed by atoms with Gasteiger partial charge in [-0.2, -0.15) is 0 Å². The van der Waals surface area contributed by atoms with Crippen LogP contribution in [0, 0.1) is 5.92 Å². The maximum atomic E-state index is 12.1. The fourth-order valence-electron chi connectivity index (χ4n) is 5.22.